The summed E-state index contributed by atoms with van der Waals surface area (Å²) in [5.41, 5.74) is 0. The van der Waals surface area contributed by atoms with Crippen LogP contribution in [0, 0.1) is 5.92 Å². The minimum Gasteiger partial charge on any atom is -0.365 e. The molecular weight excluding hydrogens is 176 g/mol. The molecule has 1 heterocycles. The topological polar surface area (TPSA) is 33.3 Å². The molecule has 84 valence electrons. The van der Waals surface area contributed by atoms with E-state index in [9.17, 15) is 0 Å². The summed E-state index contributed by atoms with van der Waals surface area (Å²) in [5.74, 6) is 0.753. The van der Waals surface area contributed by atoms with Crippen LogP contribution in [0.2, 0.25) is 0 Å². The first-order valence-corrected chi connectivity index (χ1v) is 5.84. The van der Waals surface area contributed by atoms with Crippen LogP contribution < -0.4 is 10.6 Å². The molecule has 1 aliphatic rings. The minimum absolute atomic E-state index is 0.598. The van der Waals surface area contributed by atoms with E-state index in [-0.39, 0.29) is 0 Å². The zero-order valence-electron chi connectivity index (χ0n) is 9.51. The van der Waals surface area contributed by atoms with E-state index >= 15 is 0 Å². The molecule has 3 nitrogen and oxygen atoms in total. The van der Waals surface area contributed by atoms with Crippen LogP contribution in [0.25, 0.3) is 0 Å². The van der Waals surface area contributed by atoms with E-state index in [2.05, 4.69) is 24.5 Å². The summed E-state index contributed by atoms with van der Waals surface area (Å²) in [5, 5.41) is 6.72. The number of nitrogens with one attached hydrogen (secondary N) is 2. The number of ether oxygens (including phenoxy) is 1. The van der Waals surface area contributed by atoms with Gasteiger partial charge in [0.15, 0.2) is 0 Å². The van der Waals surface area contributed by atoms with Crippen molar-refractivity contribution in [2.24, 2.45) is 5.92 Å². The van der Waals surface area contributed by atoms with Crippen LogP contribution in [-0.4, -0.2) is 32.5 Å². The fourth-order valence-electron chi connectivity index (χ4n) is 1.62. The van der Waals surface area contributed by atoms with E-state index in [1.54, 1.807) is 0 Å². The van der Waals surface area contributed by atoms with Crippen molar-refractivity contribution >= 4 is 0 Å². The Bertz CT molecular complexity index is 135. The maximum atomic E-state index is 5.54. The molecule has 14 heavy (non-hydrogen) atoms. The highest BCUT2D eigenvalue weighted by molar-refractivity contribution is 4.73. The standard InChI is InChI=1S/C11H24N2O/c1-3-10(2)7-12-9-14-8-11-5-4-6-13-11/h10-13H,3-9H2,1-2H3/t10?,11-/m1/s1. The maximum absolute atomic E-state index is 5.54. The summed E-state index contributed by atoms with van der Waals surface area (Å²) in [6, 6.07) is 0.598. The van der Waals surface area contributed by atoms with E-state index < -0.39 is 0 Å². The van der Waals surface area contributed by atoms with E-state index in [0.29, 0.717) is 12.8 Å². The summed E-state index contributed by atoms with van der Waals surface area (Å²) >= 11 is 0. The minimum atomic E-state index is 0.598. The molecule has 0 spiro atoms. The van der Waals surface area contributed by atoms with Gasteiger partial charge in [-0.2, -0.15) is 0 Å². The van der Waals surface area contributed by atoms with Crippen molar-refractivity contribution in [3.63, 3.8) is 0 Å². The molecule has 0 aliphatic carbocycles. The second kappa shape index (κ2) is 7.21. The normalized spacial score (nSPS) is 24.0. The van der Waals surface area contributed by atoms with Gasteiger partial charge in [0.05, 0.1) is 13.3 Å². The Morgan fingerprint density at radius 1 is 1.57 bits per heavy atom. The Labute approximate surface area is 87.6 Å². The van der Waals surface area contributed by atoms with E-state index in [1.165, 1.54) is 19.3 Å². The lowest BCUT2D eigenvalue weighted by Crippen LogP contribution is -2.30. The van der Waals surface area contributed by atoms with E-state index in [1.807, 2.05) is 0 Å². The molecule has 1 aliphatic heterocycles. The third kappa shape index (κ3) is 4.94. The molecular formula is C11H24N2O. The zero-order chi connectivity index (χ0) is 10.2. The molecule has 1 rings (SSSR count). The third-order valence-electron chi connectivity index (χ3n) is 2.88. The lowest BCUT2D eigenvalue weighted by atomic mass is 10.1. The van der Waals surface area contributed by atoms with Crippen LogP contribution in [0.3, 0.4) is 0 Å². The highest BCUT2D eigenvalue weighted by Crippen LogP contribution is 2.04. The van der Waals surface area contributed by atoms with Gasteiger partial charge in [0.25, 0.3) is 0 Å². The monoisotopic (exact) mass is 200 g/mol. The Kier molecular flexibility index (Phi) is 6.15. The van der Waals surface area contributed by atoms with Crippen molar-refractivity contribution < 1.29 is 4.74 Å². The molecule has 1 unspecified atom stereocenters. The summed E-state index contributed by atoms with van der Waals surface area (Å²) in [7, 11) is 0. The van der Waals surface area contributed by atoms with Crippen LogP contribution in [0.5, 0.6) is 0 Å². The van der Waals surface area contributed by atoms with Crippen molar-refractivity contribution in [3.05, 3.63) is 0 Å². The lowest BCUT2D eigenvalue weighted by molar-refractivity contribution is 0.0978. The van der Waals surface area contributed by atoms with Crippen molar-refractivity contribution in [3.8, 4) is 0 Å². The highest BCUT2D eigenvalue weighted by Gasteiger charge is 2.13. The van der Waals surface area contributed by atoms with E-state index in [0.717, 1.165) is 25.6 Å². The number of hydrogen-bond acceptors (Lipinski definition) is 3. The van der Waals surface area contributed by atoms with Crippen LogP contribution in [0.4, 0.5) is 0 Å². The Morgan fingerprint density at radius 2 is 2.43 bits per heavy atom. The van der Waals surface area contributed by atoms with Crippen LogP contribution in [0.15, 0.2) is 0 Å². The fourth-order valence-corrected chi connectivity index (χ4v) is 1.62. The average molecular weight is 200 g/mol. The summed E-state index contributed by atoms with van der Waals surface area (Å²) in [4.78, 5) is 0. The summed E-state index contributed by atoms with van der Waals surface area (Å²) in [6.07, 6.45) is 3.80. The smallest absolute Gasteiger partial charge is 0.0966 e. The predicted molar refractivity (Wildman–Crippen MR) is 59.3 cm³/mol. The molecule has 0 saturated carbocycles. The molecule has 0 radical (unpaired) electrons. The molecule has 0 bridgehead atoms. The van der Waals surface area contributed by atoms with Gasteiger partial charge in [-0.25, -0.2) is 0 Å². The molecule has 3 heteroatoms. The predicted octanol–water partition coefficient (Wildman–Crippen LogP) is 1.35. The molecule has 0 aromatic heterocycles. The molecule has 0 aromatic rings. The van der Waals surface area contributed by atoms with Gasteiger partial charge in [0.2, 0.25) is 0 Å². The summed E-state index contributed by atoms with van der Waals surface area (Å²) < 4.78 is 5.54. The zero-order valence-corrected chi connectivity index (χ0v) is 9.51. The largest absolute Gasteiger partial charge is 0.365 e. The van der Waals surface area contributed by atoms with Gasteiger partial charge in [-0.1, -0.05) is 20.3 Å². The van der Waals surface area contributed by atoms with Gasteiger partial charge >= 0.3 is 0 Å². The Hall–Kier alpha value is -0.120. The molecule has 1 saturated heterocycles. The van der Waals surface area contributed by atoms with Gasteiger partial charge in [0.1, 0.15) is 0 Å². The second-order valence-electron chi connectivity index (χ2n) is 4.28. The van der Waals surface area contributed by atoms with E-state index in [4.69, 9.17) is 4.74 Å². The third-order valence-corrected chi connectivity index (χ3v) is 2.88. The van der Waals surface area contributed by atoms with Crippen LogP contribution >= 0.6 is 0 Å². The van der Waals surface area contributed by atoms with Gasteiger partial charge in [-0.3, -0.25) is 5.32 Å². The van der Waals surface area contributed by atoms with Crippen molar-refractivity contribution in [1.82, 2.24) is 10.6 Å². The van der Waals surface area contributed by atoms with Crippen LogP contribution in [-0.2, 0) is 4.74 Å². The van der Waals surface area contributed by atoms with Gasteiger partial charge in [-0.15, -0.1) is 0 Å². The van der Waals surface area contributed by atoms with Crippen molar-refractivity contribution in [1.29, 1.82) is 0 Å². The fraction of sp³-hybridized carbons (Fsp3) is 1.00. The molecule has 2 N–H and O–H groups in total. The SMILES string of the molecule is CCC(C)CNCOC[C@H]1CCCN1. The lowest BCUT2D eigenvalue weighted by Gasteiger charge is -2.13. The molecule has 0 aromatic carbocycles. The van der Waals surface area contributed by atoms with Crippen molar-refractivity contribution in [2.45, 2.75) is 39.2 Å². The van der Waals surface area contributed by atoms with Gasteiger partial charge in [0, 0.05) is 6.04 Å². The summed E-state index contributed by atoms with van der Waals surface area (Å²) in [6.45, 7) is 8.25. The number of hydrogen-bond donors (Lipinski definition) is 2. The average Bonchev–Trinajstić information content (AvgIpc) is 2.69. The second-order valence-corrected chi connectivity index (χ2v) is 4.28. The van der Waals surface area contributed by atoms with Gasteiger partial charge in [-0.05, 0) is 31.8 Å². The first kappa shape index (κ1) is 12.0. The van der Waals surface area contributed by atoms with Gasteiger partial charge < -0.3 is 10.1 Å². The molecule has 0 amide bonds. The Balaban J connectivity index is 1.84. The Morgan fingerprint density at radius 3 is 3.07 bits per heavy atom. The number of rotatable bonds is 7. The first-order chi connectivity index (χ1) is 6.83. The molecule has 2 atom stereocenters. The van der Waals surface area contributed by atoms with Crippen LogP contribution in [0.1, 0.15) is 33.1 Å². The highest BCUT2D eigenvalue weighted by atomic mass is 16.5. The molecule has 1 fully saturated rings. The quantitative estimate of drug-likeness (QED) is 0.481. The first-order valence-electron chi connectivity index (χ1n) is 5.84. The van der Waals surface area contributed by atoms with Crippen molar-refractivity contribution in [2.75, 3.05) is 26.4 Å². The maximum Gasteiger partial charge on any atom is 0.0966 e.